The maximum absolute atomic E-state index is 10.8. The lowest BCUT2D eigenvalue weighted by molar-refractivity contribution is -0.384. The van der Waals surface area contributed by atoms with Crippen molar-refractivity contribution in [2.24, 2.45) is 5.92 Å². The average molecular weight is 273 g/mol. The Hall–Kier alpha value is -1.82. The number of hydrogen-bond acceptors (Lipinski definition) is 4. The van der Waals surface area contributed by atoms with Gasteiger partial charge in [-0.05, 0) is 18.1 Å². The second kappa shape index (κ2) is 6.20. The van der Waals surface area contributed by atoms with Crippen LogP contribution in [0.15, 0.2) is 18.2 Å². The molecule has 0 spiro atoms. The van der Waals surface area contributed by atoms with Crippen molar-refractivity contribution in [1.82, 2.24) is 0 Å². The second-order valence-corrected chi connectivity index (χ2v) is 4.44. The number of carboxylic acids is 1. The summed E-state index contributed by atoms with van der Waals surface area (Å²) in [5, 5.41) is 22.6. The van der Waals surface area contributed by atoms with Crippen LogP contribution in [0.1, 0.15) is 13.3 Å². The number of rotatable bonds is 6. The molecule has 1 aromatic rings. The molecule has 0 aliphatic rings. The highest BCUT2D eigenvalue weighted by molar-refractivity contribution is 6.31. The molecule has 0 heterocycles. The first kappa shape index (κ1) is 14.2. The third-order valence-electron chi connectivity index (χ3n) is 2.32. The summed E-state index contributed by atoms with van der Waals surface area (Å²) >= 11 is 5.76. The molecule has 0 saturated heterocycles. The first-order valence-electron chi connectivity index (χ1n) is 5.29. The summed E-state index contributed by atoms with van der Waals surface area (Å²) in [4.78, 5) is 20.8. The van der Waals surface area contributed by atoms with Crippen LogP contribution >= 0.6 is 11.6 Å². The minimum atomic E-state index is -0.898. The molecule has 0 amide bonds. The quantitative estimate of drug-likeness (QED) is 0.613. The van der Waals surface area contributed by atoms with Crippen molar-refractivity contribution in [2.45, 2.75) is 13.3 Å². The minimum Gasteiger partial charge on any atom is -0.481 e. The Morgan fingerprint density at radius 1 is 1.61 bits per heavy atom. The Balaban J connectivity index is 2.74. The SMILES string of the molecule is CC(CNc1cc(Cl)ccc1[N+](=O)[O-])CC(=O)O. The third kappa shape index (κ3) is 4.21. The first-order chi connectivity index (χ1) is 8.40. The zero-order chi connectivity index (χ0) is 13.7. The number of nitrogens with zero attached hydrogens (tertiary/aromatic N) is 1. The largest absolute Gasteiger partial charge is 0.481 e. The summed E-state index contributed by atoms with van der Waals surface area (Å²) in [5.41, 5.74) is 0.215. The van der Waals surface area contributed by atoms with Crippen LogP contribution in [0.25, 0.3) is 0 Å². The van der Waals surface area contributed by atoms with E-state index in [0.29, 0.717) is 17.3 Å². The molecular formula is C11H13ClN2O4. The smallest absolute Gasteiger partial charge is 0.303 e. The summed E-state index contributed by atoms with van der Waals surface area (Å²) < 4.78 is 0. The van der Waals surface area contributed by atoms with Gasteiger partial charge in [0.1, 0.15) is 5.69 Å². The van der Waals surface area contributed by atoms with Crippen molar-refractivity contribution in [3.63, 3.8) is 0 Å². The number of nitro groups is 1. The Labute approximate surface area is 109 Å². The van der Waals surface area contributed by atoms with Crippen LogP contribution in [0.2, 0.25) is 5.02 Å². The molecule has 18 heavy (non-hydrogen) atoms. The van der Waals surface area contributed by atoms with E-state index in [0.717, 1.165) is 0 Å². The maximum atomic E-state index is 10.8. The van der Waals surface area contributed by atoms with Gasteiger partial charge in [0.05, 0.1) is 4.92 Å². The average Bonchev–Trinajstić information content (AvgIpc) is 2.25. The molecule has 7 heteroatoms. The number of halogens is 1. The third-order valence-corrected chi connectivity index (χ3v) is 2.55. The van der Waals surface area contributed by atoms with E-state index < -0.39 is 10.9 Å². The van der Waals surface area contributed by atoms with Crippen LogP contribution in [0, 0.1) is 16.0 Å². The van der Waals surface area contributed by atoms with E-state index >= 15 is 0 Å². The van der Waals surface area contributed by atoms with Gasteiger partial charge in [0, 0.05) is 24.1 Å². The van der Waals surface area contributed by atoms with Crippen LogP contribution in [0.4, 0.5) is 11.4 Å². The summed E-state index contributed by atoms with van der Waals surface area (Å²) in [5.74, 6) is -1.04. The van der Waals surface area contributed by atoms with Crippen LogP contribution in [0.3, 0.4) is 0 Å². The van der Waals surface area contributed by atoms with Crippen molar-refractivity contribution in [3.05, 3.63) is 33.3 Å². The molecule has 0 aliphatic heterocycles. The van der Waals surface area contributed by atoms with E-state index in [1.807, 2.05) is 0 Å². The summed E-state index contributed by atoms with van der Waals surface area (Å²) in [6.45, 7) is 2.07. The summed E-state index contributed by atoms with van der Waals surface area (Å²) in [7, 11) is 0. The van der Waals surface area contributed by atoms with E-state index in [1.165, 1.54) is 18.2 Å². The van der Waals surface area contributed by atoms with Gasteiger partial charge in [-0.15, -0.1) is 0 Å². The van der Waals surface area contributed by atoms with Gasteiger partial charge in [-0.25, -0.2) is 0 Å². The summed E-state index contributed by atoms with van der Waals surface area (Å²) in [6.07, 6.45) is 0.00135. The molecule has 0 saturated carbocycles. The van der Waals surface area contributed by atoms with Gasteiger partial charge in [-0.3, -0.25) is 14.9 Å². The first-order valence-corrected chi connectivity index (χ1v) is 5.67. The fourth-order valence-electron chi connectivity index (χ4n) is 1.46. The van der Waals surface area contributed by atoms with Crippen LogP contribution < -0.4 is 5.32 Å². The van der Waals surface area contributed by atoms with Gasteiger partial charge in [0.15, 0.2) is 0 Å². The molecule has 1 rings (SSSR count). The Morgan fingerprint density at radius 2 is 2.28 bits per heavy atom. The molecule has 0 bridgehead atoms. The molecule has 0 aromatic heterocycles. The van der Waals surface area contributed by atoms with E-state index in [1.54, 1.807) is 6.92 Å². The lowest BCUT2D eigenvalue weighted by Gasteiger charge is -2.11. The molecule has 1 unspecified atom stereocenters. The molecule has 0 radical (unpaired) electrons. The van der Waals surface area contributed by atoms with E-state index in [4.69, 9.17) is 16.7 Å². The molecule has 2 N–H and O–H groups in total. The number of nitrogens with one attached hydrogen (secondary N) is 1. The Morgan fingerprint density at radius 3 is 2.83 bits per heavy atom. The fourth-order valence-corrected chi connectivity index (χ4v) is 1.64. The lowest BCUT2D eigenvalue weighted by atomic mass is 10.1. The highest BCUT2D eigenvalue weighted by atomic mass is 35.5. The zero-order valence-electron chi connectivity index (χ0n) is 9.72. The number of carbonyl (C=O) groups is 1. The normalized spacial score (nSPS) is 11.9. The second-order valence-electron chi connectivity index (χ2n) is 4.00. The lowest BCUT2D eigenvalue weighted by Crippen LogP contribution is -2.15. The van der Waals surface area contributed by atoms with Gasteiger partial charge < -0.3 is 10.4 Å². The van der Waals surface area contributed by atoms with Crippen molar-refractivity contribution in [3.8, 4) is 0 Å². The molecule has 1 aromatic carbocycles. The zero-order valence-corrected chi connectivity index (χ0v) is 10.5. The molecular weight excluding hydrogens is 260 g/mol. The molecule has 1 atom stereocenters. The van der Waals surface area contributed by atoms with Gasteiger partial charge in [-0.1, -0.05) is 18.5 Å². The van der Waals surface area contributed by atoms with Crippen molar-refractivity contribution < 1.29 is 14.8 Å². The van der Waals surface area contributed by atoms with Gasteiger partial charge in [0.2, 0.25) is 0 Å². The molecule has 6 nitrogen and oxygen atoms in total. The standard InChI is InChI=1S/C11H13ClN2O4/c1-7(4-11(15)16)6-13-9-5-8(12)2-3-10(9)14(17)18/h2-3,5,7,13H,4,6H2,1H3,(H,15,16). The van der Waals surface area contributed by atoms with Gasteiger partial charge in [-0.2, -0.15) is 0 Å². The molecule has 0 fully saturated rings. The van der Waals surface area contributed by atoms with E-state index in [-0.39, 0.29) is 18.0 Å². The minimum absolute atomic E-state index is 0.00135. The van der Waals surface area contributed by atoms with Crippen LogP contribution in [-0.2, 0) is 4.79 Å². The molecule has 98 valence electrons. The highest BCUT2D eigenvalue weighted by Gasteiger charge is 2.15. The number of nitro benzene ring substituents is 1. The Bertz CT molecular complexity index is 464. The van der Waals surface area contributed by atoms with Gasteiger partial charge in [0.25, 0.3) is 5.69 Å². The number of hydrogen-bond donors (Lipinski definition) is 2. The number of benzene rings is 1. The van der Waals surface area contributed by atoms with E-state index in [2.05, 4.69) is 5.32 Å². The summed E-state index contributed by atoms with van der Waals surface area (Å²) in [6, 6.07) is 4.20. The van der Waals surface area contributed by atoms with Gasteiger partial charge >= 0.3 is 5.97 Å². The number of anilines is 1. The predicted octanol–water partition coefficient (Wildman–Crippen LogP) is 2.77. The Kier molecular flexibility index (Phi) is 4.91. The topological polar surface area (TPSA) is 92.5 Å². The number of carboxylic acid groups (broad SMARTS) is 1. The fraction of sp³-hybridized carbons (Fsp3) is 0.364. The molecule has 0 aliphatic carbocycles. The number of aliphatic carboxylic acids is 1. The predicted molar refractivity (Wildman–Crippen MR) is 68.0 cm³/mol. The highest BCUT2D eigenvalue weighted by Crippen LogP contribution is 2.27. The van der Waals surface area contributed by atoms with Crippen molar-refractivity contribution >= 4 is 28.9 Å². The van der Waals surface area contributed by atoms with Crippen LogP contribution in [0.5, 0.6) is 0 Å². The van der Waals surface area contributed by atoms with Crippen molar-refractivity contribution in [1.29, 1.82) is 0 Å². The monoisotopic (exact) mass is 272 g/mol. The van der Waals surface area contributed by atoms with Crippen LogP contribution in [-0.4, -0.2) is 22.5 Å². The van der Waals surface area contributed by atoms with Crippen molar-refractivity contribution in [2.75, 3.05) is 11.9 Å². The van der Waals surface area contributed by atoms with E-state index in [9.17, 15) is 14.9 Å². The maximum Gasteiger partial charge on any atom is 0.303 e.